The van der Waals surface area contributed by atoms with E-state index in [4.69, 9.17) is 9.72 Å². The quantitative estimate of drug-likeness (QED) is 0.592. The lowest BCUT2D eigenvalue weighted by Gasteiger charge is -2.09. The average Bonchev–Trinajstić information content (AvgIpc) is 2.96. The number of aryl methyl sites for hydroxylation is 1. The van der Waals surface area contributed by atoms with E-state index in [1.165, 1.54) is 5.56 Å². The van der Waals surface area contributed by atoms with Gasteiger partial charge in [-0.1, -0.05) is 42.3 Å². The fraction of sp³-hybridized carbons (Fsp3) is 0.320. The summed E-state index contributed by atoms with van der Waals surface area (Å²) in [5.41, 5.74) is 4.58. The van der Waals surface area contributed by atoms with E-state index in [1.807, 2.05) is 0 Å². The third-order valence-corrected chi connectivity index (χ3v) is 5.52. The number of carbonyl (C=O) groups excluding carboxylic acids is 2. The SMILES string of the molecule is CCOC(=O)c1cccc(NC(=O)c2nc(-c3ccc(C)cc3)n3c2CCCCC3)c1. The van der Waals surface area contributed by atoms with Gasteiger partial charge in [0, 0.05) is 17.8 Å². The van der Waals surface area contributed by atoms with Crippen LogP contribution in [0, 0.1) is 6.92 Å². The van der Waals surface area contributed by atoms with Crippen molar-refractivity contribution in [2.24, 2.45) is 0 Å². The third-order valence-electron chi connectivity index (χ3n) is 5.52. The monoisotopic (exact) mass is 417 g/mol. The van der Waals surface area contributed by atoms with Gasteiger partial charge in [0.15, 0.2) is 0 Å². The summed E-state index contributed by atoms with van der Waals surface area (Å²) in [5, 5.41) is 2.92. The number of fused-ring (bicyclic) bond motifs is 1. The zero-order valence-corrected chi connectivity index (χ0v) is 18.0. The van der Waals surface area contributed by atoms with Gasteiger partial charge in [0.1, 0.15) is 11.5 Å². The van der Waals surface area contributed by atoms with Gasteiger partial charge < -0.3 is 14.6 Å². The van der Waals surface area contributed by atoms with Gasteiger partial charge in [-0.3, -0.25) is 4.79 Å². The molecule has 3 aromatic rings. The number of amides is 1. The van der Waals surface area contributed by atoms with Gasteiger partial charge in [0.25, 0.3) is 5.91 Å². The van der Waals surface area contributed by atoms with E-state index in [0.29, 0.717) is 23.6 Å². The van der Waals surface area contributed by atoms with Gasteiger partial charge in [-0.05, 0) is 51.3 Å². The van der Waals surface area contributed by atoms with Crippen LogP contribution in [0.4, 0.5) is 5.69 Å². The second-order valence-corrected chi connectivity index (χ2v) is 7.81. The molecule has 0 aliphatic carbocycles. The number of ether oxygens (including phenoxy) is 1. The topological polar surface area (TPSA) is 73.2 Å². The molecule has 0 spiro atoms. The fourth-order valence-electron chi connectivity index (χ4n) is 3.95. The van der Waals surface area contributed by atoms with Crippen molar-refractivity contribution in [2.75, 3.05) is 11.9 Å². The molecular weight excluding hydrogens is 390 g/mol. The lowest BCUT2D eigenvalue weighted by atomic mass is 10.1. The molecule has 2 heterocycles. The highest BCUT2D eigenvalue weighted by Crippen LogP contribution is 2.28. The van der Waals surface area contributed by atoms with Crippen LogP contribution < -0.4 is 5.32 Å². The lowest BCUT2D eigenvalue weighted by Crippen LogP contribution is -2.16. The summed E-state index contributed by atoms with van der Waals surface area (Å²) >= 11 is 0. The first-order valence-electron chi connectivity index (χ1n) is 10.8. The lowest BCUT2D eigenvalue weighted by molar-refractivity contribution is 0.0526. The van der Waals surface area contributed by atoms with Gasteiger partial charge in [-0.25, -0.2) is 9.78 Å². The summed E-state index contributed by atoms with van der Waals surface area (Å²) in [4.78, 5) is 30.0. The molecule has 160 valence electrons. The molecule has 1 aliphatic heterocycles. The molecule has 0 fully saturated rings. The summed E-state index contributed by atoms with van der Waals surface area (Å²) in [6.07, 6.45) is 4.07. The number of anilines is 1. The summed E-state index contributed by atoms with van der Waals surface area (Å²) in [7, 11) is 0. The third kappa shape index (κ3) is 4.53. The first-order valence-corrected chi connectivity index (χ1v) is 10.8. The maximum Gasteiger partial charge on any atom is 0.338 e. The molecule has 1 amide bonds. The van der Waals surface area contributed by atoms with E-state index in [0.717, 1.165) is 49.3 Å². The second-order valence-electron chi connectivity index (χ2n) is 7.81. The van der Waals surface area contributed by atoms with Crippen molar-refractivity contribution >= 4 is 17.6 Å². The van der Waals surface area contributed by atoms with Gasteiger partial charge >= 0.3 is 5.97 Å². The number of esters is 1. The van der Waals surface area contributed by atoms with Crippen molar-refractivity contribution < 1.29 is 14.3 Å². The standard InChI is InChI=1S/C25H27N3O3/c1-3-31-25(30)19-8-7-9-20(16-19)26-24(29)22-21-10-5-4-6-15-28(21)23(27-22)18-13-11-17(2)12-14-18/h7-9,11-14,16H,3-6,10,15H2,1-2H3,(H,26,29). The van der Waals surface area contributed by atoms with E-state index >= 15 is 0 Å². The Morgan fingerprint density at radius 3 is 2.68 bits per heavy atom. The Labute approximate surface area is 182 Å². The number of hydrogen-bond acceptors (Lipinski definition) is 4. The predicted octanol–water partition coefficient (Wildman–Crippen LogP) is 5.01. The Hall–Kier alpha value is -3.41. The van der Waals surface area contributed by atoms with Crippen molar-refractivity contribution in [3.05, 3.63) is 71.0 Å². The van der Waals surface area contributed by atoms with E-state index in [-0.39, 0.29) is 5.91 Å². The molecule has 31 heavy (non-hydrogen) atoms. The van der Waals surface area contributed by atoms with Gasteiger partial charge in [-0.2, -0.15) is 0 Å². The minimum atomic E-state index is -0.406. The molecule has 0 saturated heterocycles. The Kier molecular flexibility index (Phi) is 6.16. The van der Waals surface area contributed by atoms with Crippen LogP contribution in [0.2, 0.25) is 0 Å². The largest absolute Gasteiger partial charge is 0.462 e. The number of benzene rings is 2. The molecule has 4 rings (SSSR count). The molecule has 1 aliphatic rings. The minimum Gasteiger partial charge on any atom is -0.462 e. The zero-order valence-electron chi connectivity index (χ0n) is 18.0. The van der Waals surface area contributed by atoms with Crippen LogP contribution in [0.5, 0.6) is 0 Å². The number of carbonyl (C=O) groups is 2. The summed E-state index contributed by atoms with van der Waals surface area (Å²) in [5.74, 6) is 0.170. The van der Waals surface area contributed by atoms with Crippen molar-refractivity contribution in [1.82, 2.24) is 9.55 Å². The van der Waals surface area contributed by atoms with Crippen molar-refractivity contribution in [1.29, 1.82) is 0 Å². The highest BCUT2D eigenvalue weighted by atomic mass is 16.5. The molecule has 0 bridgehead atoms. The van der Waals surface area contributed by atoms with E-state index < -0.39 is 5.97 Å². The van der Waals surface area contributed by atoms with Crippen molar-refractivity contribution in [2.45, 2.75) is 46.1 Å². The van der Waals surface area contributed by atoms with Gasteiger partial charge in [0.2, 0.25) is 0 Å². The smallest absolute Gasteiger partial charge is 0.338 e. The molecule has 1 N–H and O–H groups in total. The number of imidazole rings is 1. The van der Waals surface area contributed by atoms with Gasteiger partial charge in [-0.15, -0.1) is 0 Å². The molecule has 6 nitrogen and oxygen atoms in total. The molecule has 0 radical (unpaired) electrons. The van der Waals surface area contributed by atoms with Crippen LogP contribution in [-0.4, -0.2) is 28.0 Å². The Morgan fingerprint density at radius 2 is 1.90 bits per heavy atom. The van der Waals surface area contributed by atoms with Crippen LogP contribution in [0.3, 0.4) is 0 Å². The average molecular weight is 418 g/mol. The number of nitrogens with one attached hydrogen (secondary N) is 1. The van der Waals surface area contributed by atoms with Crippen LogP contribution in [-0.2, 0) is 17.7 Å². The first kappa shape index (κ1) is 20.8. The number of hydrogen-bond donors (Lipinski definition) is 1. The molecule has 1 aromatic heterocycles. The minimum absolute atomic E-state index is 0.259. The molecular formula is C25H27N3O3. The maximum atomic E-state index is 13.2. The normalized spacial score (nSPS) is 13.2. The van der Waals surface area contributed by atoms with E-state index in [9.17, 15) is 9.59 Å². The van der Waals surface area contributed by atoms with Gasteiger partial charge in [0.05, 0.1) is 17.9 Å². The van der Waals surface area contributed by atoms with Crippen molar-refractivity contribution in [3.63, 3.8) is 0 Å². The number of rotatable bonds is 5. The molecule has 0 unspecified atom stereocenters. The maximum absolute atomic E-state index is 13.2. The zero-order chi connectivity index (χ0) is 21.8. The van der Waals surface area contributed by atoms with Crippen LogP contribution >= 0.6 is 0 Å². The van der Waals surface area contributed by atoms with E-state index in [1.54, 1.807) is 31.2 Å². The van der Waals surface area contributed by atoms with Crippen molar-refractivity contribution in [3.8, 4) is 11.4 Å². The Bertz CT molecular complexity index is 1100. The number of aromatic nitrogens is 2. The first-order chi connectivity index (χ1) is 15.1. The second kappa shape index (κ2) is 9.16. The molecule has 0 saturated carbocycles. The summed E-state index contributed by atoms with van der Waals surface area (Å²) in [6.45, 7) is 4.98. The van der Waals surface area contributed by atoms with E-state index in [2.05, 4.69) is 41.1 Å². The molecule has 0 atom stereocenters. The predicted molar refractivity (Wildman–Crippen MR) is 120 cm³/mol. The summed E-state index contributed by atoms with van der Waals surface area (Å²) < 4.78 is 7.25. The number of nitrogens with zero attached hydrogens (tertiary/aromatic N) is 2. The molecule has 2 aromatic carbocycles. The van der Waals surface area contributed by atoms with Crippen LogP contribution in [0.15, 0.2) is 48.5 Å². The fourth-order valence-corrected chi connectivity index (χ4v) is 3.95. The highest BCUT2D eigenvalue weighted by Gasteiger charge is 2.24. The Balaban J connectivity index is 1.66. The Morgan fingerprint density at radius 1 is 1.10 bits per heavy atom. The van der Waals surface area contributed by atoms with Crippen LogP contribution in [0.25, 0.3) is 11.4 Å². The molecule has 6 heteroatoms. The van der Waals surface area contributed by atoms with Crippen LogP contribution in [0.1, 0.15) is 58.3 Å². The summed E-state index contributed by atoms with van der Waals surface area (Å²) in [6, 6.07) is 15.0. The highest BCUT2D eigenvalue weighted by molar-refractivity contribution is 6.04.